The molecule has 0 aliphatic heterocycles. The quantitative estimate of drug-likeness (QED) is 0.382. The molecule has 7 nitrogen and oxygen atoms in total. The van der Waals surface area contributed by atoms with E-state index in [9.17, 15) is 10.1 Å². The van der Waals surface area contributed by atoms with E-state index in [-0.39, 0.29) is 12.3 Å². The highest BCUT2D eigenvalue weighted by molar-refractivity contribution is 5.80. The number of ether oxygens (including phenoxy) is 2. The molecule has 22 heavy (non-hydrogen) atoms. The fraction of sp³-hybridized carbons (Fsp3) is 0.133. The molecule has 0 atom stereocenters. The first-order valence-electron chi connectivity index (χ1n) is 6.42. The molecule has 0 amide bonds. The third kappa shape index (κ3) is 3.51. The van der Waals surface area contributed by atoms with Crippen molar-refractivity contribution in [3.8, 4) is 11.5 Å². The molecule has 0 aliphatic carbocycles. The number of nitrogens with two attached hydrogens (primary N) is 1. The van der Waals surface area contributed by atoms with Crippen LogP contribution in [-0.2, 0) is 6.61 Å². The van der Waals surface area contributed by atoms with Crippen molar-refractivity contribution in [3.63, 3.8) is 0 Å². The van der Waals surface area contributed by atoms with Gasteiger partial charge in [0.15, 0.2) is 11.5 Å². The number of methoxy groups -OCH3 is 1. The van der Waals surface area contributed by atoms with E-state index >= 15 is 0 Å². The van der Waals surface area contributed by atoms with Gasteiger partial charge in [0.25, 0.3) is 5.69 Å². The standard InChI is InChI=1S/C15H15N3O4/c1-21-15-8-11(9-17-16)6-7-14(15)22-10-12-4-2-3-5-13(12)18(19)20/h2-9H,10,16H2,1H3. The van der Waals surface area contributed by atoms with Gasteiger partial charge in [0.1, 0.15) is 6.61 Å². The van der Waals surface area contributed by atoms with Crippen LogP contribution in [0.2, 0.25) is 0 Å². The Hall–Kier alpha value is -3.09. The number of nitro benzene ring substituents is 1. The van der Waals surface area contributed by atoms with Crippen LogP contribution in [0.15, 0.2) is 47.6 Å². The molecule has 0 aromatic heterocycles. The number of nitrogens with zero attached hydrogens (tertiary/aromatic N) is 2. The lowest BCUT2D eigenvalue weighted by Crippen LogP contribution is -2.02. The van der Waals surface area contributed by atoms with Crippen LogP contribution in [0.3, 0.4) is 0 Å². The molecule has 0 radical (unpaired) electrons. The summed E-state index contributed by atoms with van der Waals surface area (Å²) in [4.78, 5) is 10.5. The van der Waals surface area contributed by atoms with E-state index in [4.69, 9.17) is 15.3 Å². The Bertz CT molecular complexity index is 701. The molecule has 2 aromatic carbocycles. The summed E-state index contributed by atoms with van der Waals surface area (Å²) >= 11 is 0. The van der Waals surface area contributed by atoms with Crippen LogP contribution in [0.25, 0.3) is 0 Å². The van der Waals surface area contributed by atoms with E-state index in [1.54, 1.807) is 36.4 Å². The second-order valence-corrected chi connectivity index (χ2v) is 4.36. The third-order valence-corrected chi connectivity index (χ3v) is 2.98. The molecule has 114 valence electrons. The molecule has 0 heterocycles. The molecule has 0 bridgehead atoms. The van der Waals surface area contributed by atoms with Gasteiger partial charge in [-0.05, 0) is 29.8 Å². The van der Waals surface area contributed by atoms with Crippen LogP contribution in [-0.4, -0.2) is 18.2 Å². The van der Waals surface area contributed by atoms with Crippen molar-refractivity contribution < 1.29 is 14.4 Å². The van der Waals surface area contributed by atoms with Gasteiger partial charge in [-0.1, -0.05) is 12.1 Å². The first-order valence-corrected chi connectivity index (χ1v) is 6.42. The van der Waals surface area contributed by atoms with Gasteiger partial charge in [0, 0.05) is 6.07 Å². The summed E-state index contributed by atoms with van der Waals surface area (Å²) in [6.07, 6.45) is 1.48. The van der Waals surface area contributed by atoms with E-state index < -0.39 is 4.92 Å². The zero-order valence-corrected chi connectivity index (χ0v) is 11.9. The SMILES string of the molecule is COc1cc(C=NN)ccc1OCc1ccccc1[N+](=O)[O-]. The van der Waals surface area contributed by atoms with E-state index in [2.05, 4.69) is 5.10 Å². The normalized spacial score (nSPS) is 10.6. The molecular formula is C15H15N3O4. The summed E-state index contributed by atoms with van der Waals surface area (Å²) in [7, 11) is 1.51. The van der Waals surface area contributed by atoms with Crippen molar-refractivity contribution in [1.29, 1.82) is 0 Å². The van der Waals surface area contributed by atoms with Gasteiger partial charge in [-0.2, -0.15) is 5.10 Å². The van der Waals surface area contributed by atoms with Gasteiger partial charge in [-0.15, -0.1) is 0 Å². The Morgan fingerprint density at radius 1 is 1.27 bits per heavy atom. The average Bonchev–Trinajstić information content (AvgIpc) is 2.54. The summed E-state index contributed by atoms with van der Waals surface area (Å²) in [5.74, 6) is 6.08. The summed E-state index contributed by atoms with van der Waals surface area (Å²) < 4.78 is 10.9. The number of hydrazone groups is 1. The Kier molecular flexibility index (Phi) is 4.92. The minimum Gasteiger partial charge on any atom is -0.493 e. The largest absolute Gasteiger partial charge is 0.493 e. The molecular weight excluding hydrogens is 286 g/mol. The predicted molar refractivity (Wildman–Crippen MR) is 82.2 cm³/mol. The monoisotopic (exact) mass is 301 g/mol. The van der Waals surface area contributed by atoms with Crippen molar-refractivity contribution in [2.75, 3.05) is 7.11 Å². The third-order valence-electron chi connectivity index (χ3n) is 2.98. The van der Waals surface area contributed by atoms with Crippen molar-refractivity contribution in [2.24, 2.45) is 10.9 Å². The van der Waals surface area contributed by atoms with Crippen molar-refractivity contribution in [2.45, 2.75) is 6.61 Å². The van der Waals surface area contributed by atoms with E-state index in [1.807, 2.05) is 0 Å². The van der Waals surface area contributed by atoms with Crippen LogP contribution in [0, 0.1) is 10.1 Å². The molecule has 2 aromatic rings. The second-order valence-electron chi connectivity index (χ2n) is 4.36. The highest BCUT2D eigenvalue weighted by Gasteiger charge is 2.13. The van der Waals surface area contributed by atoms with Gasteiger partial charge < -0.3 is 15.3 Å². The highest BCUT2D eigenvalue weighted by Crippen LogP contribution is 2.29. The summed E-state index contributed by atoms with van der Waals surface area (Å²) in [5, 5.41) is 14.4. The smallest absolute Gasteiger partial charge is 0.276 e. The number of hydrogen-bond acceptors (Lipinski definition) is 6. The molecule has 0 fully saturated rings. The number of hydrogen-bond donors (Lipinski definition) is 1. The summed E-state index contributed by atoms with van der Waals surface area (Å²) in [6.45, 7) is 0.0673. The maximum atomic E-state index is 11.0. The second kappa shape index (κ2) is 7.07. The topological polar surface area (TPSA) is 100.0 Å². The number of rotatable bonds is 6. The Balaban J connectivity index is 2.20. The first kappa shape index (κ1) is 15.3. The first-order chi connectivity index (χ1) is 10.7. The number of nitro groups is 1. The lowest BCUT2D eigenvalue weighted by Gasteiger charge is -2.11. The molecule has 0 unspecified atom stereocenters. The van der Waals surface area contributed by atoms with Gasteiger partial charge in [0.2, 0.25) is 0 Å². The van der Waals surface area contributed by atoms with Crippen LogP contribution >= 0.6 is 0 Å². The Labute approximate surface area is 127 Å². The lowest BCUT2D eigenvalue weighted by molar-refractivity contribution is -0.385. The van der Waals surface area contributed by atoms with Crippen LogP contribution in [0.4, 0.5) is 5.69 Å². The molecule has 0 saturated carbocycles. The van der Waals surface area contributed by atoms with Crippen molar-refractivity contribution in [3.05, 3.63) is 63.7 Å². The molecule has 0 aliphatic rings. The number of para-hydroxylation sites is 1. The maximum Gasteiger partial charge on any atom is 0.276 e. The fourth-order valence-electron chi connectivity index (χ4n) is 1.94. The molecule has 7 heteroatoms. The van der Waals surface area contributed by atoms with Crippen LogP contribution < -0.4 is 15.3 Å². The molecule has 0 saturated heterocycles. The Morgan fingerprint density at radius 2 is 2.05 bits per heavy atom. The van der Waals surface area contributed by atoms with Crippen LogP contribution in [0.1, 0.15) is 11.1 Å². The van der Waals surface area contributed by atoms with Gasteiger partial charge >= 0.3 is 0 Å². The predicted octanol–water partition coefficient (Wildman–Crippen LogP) is 2.48. The minimum absolute atomic E-state index is 0.0216. The minimum atomic E-state index is -0.434. The molecule has 2 N–H and O–H groups in total. The lowest BCUT2D eigenvalue weighted by atomic mass is 10.2. The zero-order valence-electron chi connectivity index (χ0n) is 11.9. The summed E-state index contributed by atoms with van der Waals surface area (Å²) in [6, 6.07) is 11.6. The van der Waals surface area contributed by atoms with E-state index in [0.29, 0.717) is 17.1 Å². The van der Waals surface area contributed by atoms with Crippen molar-refractivity contribution >= 4 is 11.9 Å². The Morgan fingerprint density at radius 3 is 2.73 bits per heavy atom. The molecule has 2 rings (SSSR count). The van der Waals surface area contributed by atoms with E-state index in [1.165, 1.54) is 19.4 Å². The average molecular weight is 301 g/mol. The van der Waals surface area contributed by atoms with E-state index in [0.717, 1.165) is 5.56 Å². The van der Waals surface area contributed by atoms with Gasteiger partial charge in [0.05, 0.1) is 23.8 Å². The van der Waals surface area contributed by atoms with Crippen LogP contribution in [0.5, 0.6) is 11.5 Å². The zero-order chi connectivity index (χ0) is 15.9. The van der Waals surface area contributed by atoms with Gasteiger partial charge in [-0.25, -0.2) is 0 Å². The van der Waals surface area contributed by atoms with Gasteiger partial charge in [-0.3, -0.25) is 10.1 Å². The molecule has 0 spiro atoms. The van der Waals surface area contributed by atoms with Crippen molar-refractivity contribution in [1.82, 2.24) is 0 Å². The highest BCUT2D eigenvalue weighted by atomic mass is 16.6. The fourth-order valence-corrected chi connectivity index (χ4v) is 1.94. The number of benzene rings is 2. The maximum absolute atomic E-state index is 11.0. The summed E-state index contributed by atoms with van der Waals surface area (Å²) in [5.41, 5.74) is 1.27.